The summed E-state index contributed by atoms with van der Waals surface area (Å²) in [4.78, 5) is 6.21. The molecule has 0 aliphatic carbocycles. The Hall–Kier alpha value is -2.89. The molecule has 0 bridgehead atoms. The number of nitrogens with zero attached hydrogens (tertiary/aromatic N) is 1. The predicted octanol–water partition coefficient (Wildman–Crippen LogP) is 5.64. The Bertz CT molecular complexity index is 1020. The maximum Gasteiger partial charge on any atom is 0.189 e. The quantitative estimate of drug-likeness (QED) is 0.540. The molecule has 1 aliphatic heterocycles. The van der Waals surface area contributed by atoms with Crippen LogP contribution in [0.5, 0.6) is 11.5 Å². The van der Waals surface area contributed by atoms with Gasteiger partial charge in [-0.05, 0) is 60.2 Å². The second-order valence-corrected chi connectivity index (χ2v) is 8.18. The summed E-state index contributed by atoms with van der Waals surface area (Å²) in [5, 5.41) is 22.7. The number of benzene rings is 3. The Morgan fingerprint density at radius 1 is 1.03 bits per heavy atom. The molecule has 2 N–H and O–H groups in total. The van der Waals surface area contributed by atoms with Gasteiger partial charge in [-0.2, -0.15) is 0 Å². The fraction of sp³-hybridized carbons (Fsp3) is 0.308. The van der Waals surface area contributed by atoms with Gasteiger partial charge in [-0.3, -0.25) is 0 Å². The van der Waals surface area contributed by atoms with E-state index in [0.717, 1.165) is 29.5 Å². The van der Waals surface area contributed by atoms with E-state index >= 15 is 0 Å². The minimum Gasteiger partial charge on any atom is -0.504 e. The summed E-state index contributed by atoms with van der Waals surface area (Å²) in [6.45, 7) is 2.66. The van der Waals surface area contributed by atoms with Gasteiger partial charge in [-0.25, -0.2) is 4.39 Å². The molecular formula is C26H28FNO3. The van der Waals surface area contributed by atoms with E-state index in [2.05, 4.69) is 6.92 Å². The average Bonchev–Trinajstić information content (AvgIpc) is 2.77. The number of hydroxylamine groups is 2. The first-order valence-corrected chi connectivity index (χ1v) is 10.8. The number of rotatable bonds is 6. The SMILES string of the molecule is CCCC1(c2ccc(-c3cccc(F)c3)cc2)CC(O)CCN1Oc1ccccc1O. The lowest BCUT2D eigenvalue weighted by Gasteiger charge is -2.48. The summed E-state index contributed by atoms with van der Waals surface area (Å²) in [6.07, 6.45) is 2.39. The van der Waals surface area contributed by atoms with Gasteiger partial charge in [0.1, 0.15) is 5.82 Å². The molecule has 2 atom stereocenters. The molecule has 2 unspecified atom stereocenters. The van der Waals surface area contributed by atoms with Crippen LogP contribution in [0.4, 0.5) is 4.39 Å². The number of phenolic OH excluding ortho intramolecular Hbond substituents is 1. The Morgan fingerprint density at radius 3 is 2.52 bits per heavy atom. The standard InChI is InChI=1S/C26H28FNO3/c1-2-15-26(21-12-10-19(11-13-21)20-6-5-7-22(27)17-20)18-23(29)14-16-28(26)31-25-9-4-3-8-24(25)30/h3-13,17,23,29-30H,2,14-16,18H2,1H3. The minimum atomic E-state index is -0.533. The van der Waals surface area contributed by atoms with Crippen LogP contribution in [0.15, 0.2) is 72.8 Å². The number of para-hydroxylation sites is 2. The fourth-order valence-electron chi connectivity index (χ4n) is 4.55. The maximum atomic E-state index is 13.6. The molecule has 31 heavy (non-hydrogen) atoms. The third kappa shape index (κ3) is 4.43. The Kier molecular flexibility index (Phi) is 6.25. The molecule has 0 amide bonds. The van der Waals surface area contributed by atoms with E-state index in [1.807, 2.05) is 41.5 Å². The average molecular weight is 422 g/mol. The third-order valence-corrected chi connectivity index (χ3v) is 6.03. The van der Waals surface area contributed by atoms with Gasteiger partial charge in [0.15, 0.2) is 11.5 Å². The summed E-state index contributed by atoms with van der Waals surface area (Å²) in [6, 6.07) is 21.5. The maximum absolute atomic E-state index is 13.6. The van der Waals surface area contributed by atoms with Crippen molar-refractivity contribution in [3.05, 3.63) is 84.2 Å². The van der Waals surface area contributed by atoms with Crippen molar-refractivity contribution < 1.29 is 19.4 Å². The Balaban J connectivity index is 1.71. The van der Waals surface area contributed by atoms with Crippen LogP contribution in [0, 0.1) is 5.82 Å². The fourth-order valence-corrected chi connectivity index (χ4v) is 4.55. The lowest BCUT2D eigenvalue weighted by Crippen LogP contribution is -2.54. The molecule has 1 heterocycles. The van der Waals surface area contributed by atoms with Crippen LogP contribution in [0.2, 0.25) is 0 Å². The molecule has 1 saturated heterocycles. The lowest BCUT2D eigenvalue weighted by molar-refractivity contribution is -0.192. The van der Waals surface area contributed by atoms with Crippen LogP contribution in [-0.4, -0.2) is 27.9 Å². The first-order chi connectivity index (χ1) is 15.0. The highest BCUT2D eigenvalue weighted by molar-refractivity contribution is 5.63. The summed E-state index contributed by atoms with van der Waals surface area (Å²) in [5.41, 5.74) is 2.25. The number of aliphatic hydroxyl groups excluding tert-OH is 1. The molecule has 1 fully saturated rings. The van der Waals surface area contributed by atoms with E-state index in [1.54, 1.807) is 24.3 Å². The zero-order chi connectivity index (χ0) is 21.8. The Labute approximate surface area is 182 Å². The topological polar surface area (TPSA) is 52.9 Å². The van der Waals surface area contributed by atoms with E-state index in [9.17, 15) is 14.6 Å². The second kappa shape index (κ2) is 9.08. The highest BCUT2D eigenvalue weighted by Crippen LogP contribution is 2.43. The van der Waals surface area contributed by atoms with Gasteiger partial charge >= 0.3 is 0 Å². The van der Waals surface area contributed by atoms with Crippen LogP contribution in [0.3, 0.4) is 0 Å². The van der Waals surface area contributed by atoms with Crippen molar-refractivity contribution in [2.45, 2.75) is 44.2 Å². The molecule has 4 nitrogen and oxygen atoms in total. The summed E-state index contributed by atoms with van der Waals surface area (Å²) >= 11 is 0. The zero-order valence-corrected chi connectivity index (χ0v) is 17.7. The highest BCUT2D eigenvalue weighted by Gasteiger charge is 2.45. The van der Waals surface area contributed by atoms with E-state index in [4.69, 9.17) is 4.84 Å². The van der Waals surface area contributed by atoms with Crippen LogP contribution >= 0.6 is 0 Å². The van der Waals surface area contributed by atoms with E-state index in [1.165, 1.54) is 12.1 Å². The van der Waals surface area contributed by atoms with Crippen molar-refractivity contribution in [2.75, 3.05) is 6.54 Å². The van der Waals surface area contributed by atoms with Crippen LogP contribution < -0.4 is 4.84 Å². The van der Waals surface area contributed by atoms with Gasteiger partial charge in [0.25, 0.3) is 0 Å². The van der Waals surface area contributed by atoms with Crippen LogP contribution in [0.25, 0.3) is 11.1 Å². The van der Waals surface area contributed by atoms with Gasteiger partial charge in [0.05, 0.1) is 11.6 Å². The number of piperidine rings is 1. The number of aliphatic hydroxyl groups is 1. The normalized spacial score (nSPS) is 21.7. The van der Waals surface area contributed by atoms with Gasteiger partial charge in [-0.15, -0.1) is 5.06 Å². The summed E-state index contributed by atoms with van der Waals surface area (Å²) < 4.78 is 13.6. The van der Waals surface area contributed by atoms with Crippen molar-refractivity contribution in [1.82, 2.24) is 5.06 Å². The van der Waals surface area contributed by atoms with Gasteiger partial charge in [0, 0.05) is 6.54 Å². The molecule has 0 radical (unpaired) electrons. The van der Waals surface area contributed by atoms with E-state index in [0.29, 0.717) is 25.1 Å². The number of hydrogen-bond donors (Lipinski definition) is 2. The van der Waals surface area contributed by atoms with Gasteiger partial charge < -0.3 is 15.1 Å². The third-order valence-electron chi connectivity index (χ3n) is 6.03. The second-order valence-electron chi connectivity index (χ2n) is 8.18. The van der Waals surface area contributed by atoms with Gasteiger partial charge in [-0.1, -0.05) is 61.9 Å². The molecule has 3 aromatic carbocycles. The minimum absolute atomic E-state index is 0.0838. The molecule has 0 aromatic heterocycles. The van der Waals surface area contributed by atoms with Crippen molar-refractivity contribution in [3.8, 4) is 22.6 Å². The predicted molar refractivity (Wildman–Crippen MR) is 119 cm³/mol. The first-order valence-electron chi connectivity index (χ1n) is 10.8. The van der Waals surface area contributed by atoms with E-state index in [-0.39, 0.29) is 11.6 Å². The Morgan fingerprint density at radius 2 is 1.81 bits per heavy atom. The molecule has 0 spiro atoms. The van der Waals surface area contributed by atoms with Crippen molar-refractivity contribution in [1.29, 1.82) is 0 Å². The highest BCUT2D eigenvalue weighted by atomic mass is 19.1. The monoisotopic (exact) mass is 421 g/mol. The summed E-state index contributed by atoms with van der Waals surface area (Å²) in [5.74, 6) is 0.220. The molecule has 1 aliphatic rings. The molecule has 0 saturated carbocycles. The molecule has 4 rings (SSSR count). The number of halogens is 1. The van der Waals surface area contributed by atoms with Crippen LogP contribution in [-0.2, 0) is 5.54 Å². The number of aromatic hydroxyl groups is 1. The van der Waals surface area contributed by atoms with E-state index < -0.39 is 11.6 Å². The molecule has 5 heteroatoms. The van der Waals surface area contributed by atoms with Gasteiger partial charge in [0.2, 0.25) is 0 Å². The zero-order valence-electron chi connectivity index (χ0n) is 17.7. The van der Waals surface area contributed by atoms with Crippen molar-refractivity contribution >= 4 is 0 Å². The molecular weight excluding hydrogens is 393 g/mol. The molecule has 3 aromatic rings. The number of hydrogen-bond acceptors (Lipinski definition) is 4. The first kappa shape index (κ1) is 21.3. The largest absolute Gasteiger partial charge is 0.504 e. The molecule has 162 valence electrons. The smallest absolute Gasteiger partial charge is 0.189 e. The van der Waals surface area contributed by atoms with Crippen LogP contribution in [0.1, 0.15) is 38.2 Å². The van der Waals surface area contributed by atoms with Crippen molar-refractivity contribution in [3.63, 3.8) is 0 Å². The number of phenols is 1. The van der Waals surface area contributed by atoms with Crippen molar-refractivity contribution in [2.24, 2.45) is 0 Å². The lowest BCUT2D eigenvalue weighted by atomic mass is 9.77. The summed E-state index contributed by atoms with van der Waals surface area (Å²) in [7, 11) is 0.